The summed E-state index contributed by atoms with van der Waals surface area (Å²) in [5, 5.41) is 4.65. The van der Waals surface area contributed by atoms with Crippen LogP contribution in [0.2, 0.25) is 0 Å². The Hall–Kier alpha value is -1.42. The van der Waals surface area contributed by atoms with E-state index >= 15 is 0 Å². The molecule has 19 heavy (non-hydrogen) atoms. The van der Waals surface area contributed by atoms with E-state index in [1.54, 1.807) is 11.8 Å². The third-order valence-electron chi connectivity index (χ3n) is 3.27. The van der Waals surface area contributed by atoms with Gasteiger partial charge >= 0.3 is 0 Å². The third kappa shape index (κ3) is 3.53. The second-order valence-corrected chi connectivity index (χ2v) is 5.60. The maximum Gasteiger partial charge on any atom is 0.0727 e. The average Bonchev–Trinajstić information content (AvgIpc) is 2.88. The predicted octanol–water partition coefficient (Wildman–Crippen LogP) is 4.12. The minimum atomic E-state index is 0.514. The summed E-state index contributed by atoms with van der Waals surface area (Å²) in [5.74, 6) is 0.862. The fraction of sp³-hybridized carbons (Fsp3) is 0.400. The van der Waals surface area contributed by atoms with Gasteiger partial charge in [-0.3, -0.25) is 4.68 Å². The van der Waals surface area contributed by atoms with Gasteiger partial charge in [0.25, 0.3) is 0 Å². The van der Waals surface area contributed by atoms with Crippen molar-refractivity contribution in [3.8, 4) is 0 Å². The number of anilines is 1. The Balaban J connectivity index is 1.99. The molecule has 1 aromatic heterocycles. The number of thioether (sulfide) groups is 1. The average molecular weight is 275 g/mol. The fourth-order valence-electron chi connectivity index (χ4n) is 2.08. The number of benzene rings is 1. The van der Waals surface area contributed by atoms with Gasteiger partial charge in [0, 0.05) is 22.5 Å². The van der Waals surface area contributed by atoms with Crippen LogP contribution in [0.4, 0.5) is 5.69 Å². The van der Waals surface area contributed by atoms with Gasteiger partial charge in [-0.05, 0) is 31.0 Å². The van der Waals surface area contributed by atoms with Gasteiger partial charge in [0.2, 0.25) is 0 Å². The molecule has 4 heteroatoms. The number of rotatable bonds is 6. The van der Waals surface area contributed by atoms with Crippen LogP contribution >= 0.6 is 11.8 Å². The van der Waals surface area contributed by atoms with Gasteiger partial charge in [0.05, 0.1) is 11.7 Å². The van der Waals surface area contributed by atoms with Gasteiger partial charge in [-0.25, -0.2) is 0 Å². The topological polar surface area (TPSA) is 43.8 Å². The van der Waals surface area contributed by atoms with E-state index in [4.69, 9.17) is 5.73 Å². The van der Waals surface area contributed by atoms with E-state index in [1.807, 2.05) is 18.2 Å². The van der Waals surface area contributed by atoms with Crippen molar-refractivity contribution in [2.24, 2.45) is 0 Å². The van der Waals surface area contributed by atoms with E-state index in [9.17, 15) is 0 Å². The molecule has 0 saturated heterocycles. The van der Waals surface area contributed by atoms with Crippen LogP contribution in [0.1, 0.15) is 38.4 Å². The molecule has 1 heterocycles. The van der Waals surface area contributed by atoms with Gasteiger partial charge < -0.3 is 5.73 Å². The highest BCUT2D eigenvalue weighted by molar-refractivity contribution is 7.98. The van der Waals surface area contributed by atoms with Crippen LogP contribution in [0.3, 0.4) is 0 Å². The zero-order chi connectivity index (χ0) is 13.7. The minimum Gasteiger partial charge on any atom is -0.398 e. The molecule has 0 aliphatic rings. The van der Waals surface area contributed by atoms with E-state index in [0.717, 1.165) is 34.9 Å². The van der Waals surface area contributed by atoms with Crippen molar-refractivity contribution in [1.82, 2.24) is 9.78 Å². The van der Waals surface area contributed by atoms with E-state index in [0.29, 0.717) is 6.04 Å². The van der Waals surface area contributed by atoms with Crippen LogP contribution in [0.15, 0.2) is 41.4 Å². The maximum atomic E-state index is 5.93. The first-order valence-corrected chi connectivity index (χ1v) is 7.74. The Morgan fingerprint density at radius 3 is 2.63 bits per heavy atom. The van der Waals surface area contributed by atoms with Crippen LogP contribution < -0.4 is 5.73 Å². The summed E-state index contributed by atoms with van der Waals surface area (Å²) < 4.78 is 2.09. The molecule has 1 aromatic carbocycles. The second kappa shape index (κ2) is 6.66. The number of hydrogen-bond acceptors (Lipinski definition) is 3. The Morgan fingerprint density at radius 1 is 1.21 bits per heavy atom. The lowest BCUT2D eigenvalue weighted by molar-refractivity contribution is 0.426. The molecule has 0 radical (unpaired) electrons. The van der Waals surface area contributed by atoms with Crippen molar-refractivity contribution in [2.75, 3.05) is 5.73 Å². The lowest BCUT2D eigenvalue weighted by Gasteiger charge is -2.12. The monoisotopic (exact) mass is 275 g/mol. The molecule has 0 atom stereocenters. The molecule has 0 fully saturated rings. The molecular weight excluding hydrogens is 254 g/mol. The van der Waals surface area contributed by atoms with Crippen molar-refractivity contribution >= 4 is 17.4 Å². The highest BCUT2D eigenvalue weighted by atomic mass is 32.2. The molecular formula is C15H21N3S. The minimum absolute atomic E-state index is 0.514. The van der Waals surface area contributed by atoms with Crippen molar-refractivity contribution in [1.29, 1.82) is 0 Å². The van der Waals surface area contributed by atoms with Crippen LogP contribution in [-0.4, -0.2) is 9.78 Å². The molecule has 0 unspecified atom stereocenters. The number of nitrogens with two attached hydrogens (primary N) is 1. The van der Waals surface area contributed by atoms with Crippen LogP contribution in [-0.2, 0) is 5.75 Å². The molecule has 2 N–H and O–H groups in total. The Kier molecular flexibility index (Phi) is 4.91. The summed E-state index contributed by atoms with van der Waals surface area (Å²) in [6, 6.07) is 10.6. The summed E-state index contributed by atoms with van der Waals surface area (Å²) >= 11 is 1.74. The largest absolute Gasteiger partial charge is 0.398 e. The number of aromatic nitrogens is 2. The number of nitrogens with zero attached hydrogens (tertiary/aromatic N) is 2. The summed E-state index contributed by atoms with van der Waals surface area (Å²) in [7, 11) is 0. The van der Waals surface area contributed by atoms with Crippen LogP contribution in [0.25, 0.3) is 0 Å². The van der Waals surface area contributed by atoms with Gasteiger partial charge in [-0.2, -0.15) is 5.10 Å². The molecule has 0 amide bonds. The molecule has 0 bridgehead atoms. The van der Waals surface area contributed by atoms with E-state index in [1.165, 1.54) is 0 Å². The normalized spacial score (nSPS) is 11.1. The van der Waals surface area contributed by atoms with Gasteiger partial charge in [0.15, 0.2) is 0 Å². The summed E-state index contributed by atoms with van der Waals surface area (Å²) in [6.45, 7) is 4.41. The van der Waals surface area contributed by atoms with E-state index in [2.05, 4.69) is 42.0 Å². The molecule has 2 rings (SSSR count). The van der Waals surface area contributed by atoms with Crippen molar-refractivity contribution in [3.05, 3.63) is 42.2 Å². The number of para-hydroxylation sites is 1. The molecule has 0 aliphatic carbocycles. The fourth-order valence-corrected chi connectivity index (χ4v) is 2.95. The van der Waals surface area contributed by atoms with E-state index < -0.39 is 0 Å². The predicted molar refractivity (Wildman–Crippen MR) is 82.3 cm³/mol. The number of nitrogen functional groups attached to an aromatic ring is 1. The lowest BCUT2D eigenvalue weighted by Crippen LogP contribution is -2.07. The highest BCUT2D eigenvalue weighted by Gasteiger charge is 2.08. The zero-order valence-corrected chi connectivity index (χ0v) is 12.4. The number of hydrogen-bond donors (Lipinski definition) is 1. The molecule has 0 aliphatic heterocycles. The molecule has 0 spiro atoms. The van der Waals surface area contributed by atoms with Crippen molar-refractivity contribution in [2.45, 2.75) is 43.4 Å². The first-order chi connectivity index (χ1) is 9.24. The standard InChI is InChI=1S/C15H21N3S/c1-3-13(4-2)18-10-9-12(17-18)11-19-15-8-6-5-7-14(15)16/h5-10,13H,3-4,11,16H2,1-2H3. The first kappa shape index (κ1) is 14.0. The quantitative estimate of drug-likeness (QED) is 0.637. The van der Waals surface area contributed by atoms with Crippen molar-refractivity contribution < 1.29 is 0 Å². The zero-order valence-electron chi connectivity index (χ0n) is 11.5. The van der Waals surface area contributed by atoms with Gasteiger partial charge in [-0.15, -0.1) is 11.8 Å². The second-order valence-electron chi connectivity index (χ2n) is 4.58. The van der Waals surface area contributed by atoms with Gasteiger partial charge in [-0.1, -0.05) is 26.0 Å². The molecule has 2 aromatic rings. The van der Waals surface area contributed by atoms with Crippen molar-refractivity contribution in [3.63, 3.8) is 0 Å². The highest BCUT2D eigenvalue weighted by Crippen LogP contribution is 2.27. The summed E-state index contributed by atoms with van der Waals surface area (Å²) in [6.07, 6.45) is 4.33. The van der Waals surface area contributed by atoms with Crippen LogP contribution in [0.5, 0.6) is 0 Å². The molecule has 0 saturated carbocycles. The maximum absolute atomic E-state index is 5.93. The Bertz CT molecular complexity index is 518. The van der Waals surface area contributed by atoms with E-state index in [-0.39, 0.29) is 0 Å². The first-order valence-electron chi connectivity index (χ1n) is 6.76. The Labute approximate surface area is 119 Å². The third-order valence-corrected chi connectivity index (χ3v) is 4.40. The molecule has 3 nitrogen and oxygen atoms in total. The smallest absolute Gasteiger partial charge is 0.0727 e. The Morgan fingerprint density at radius 2 is 1.95 bits per heavy atom. The lowest BCUT2D eigenvalue weighted by atomic mass is 10.2. The summed E-state index contributed by atoms with van der Waals surface area (Å²) in [4.78, 5) is 1.12. The SMILES string of the molecule is CCC(CC)n1ccc(CSc2ccccc2N)n1. The summed E-state index contributed by atoms with van der Waals surface area (Å²) in [5.41, 5.74) is 7.89. The van der Waals surface area contributed by atoms with Gasteiger partial charge in [0.1, 0.15) is 0 Å². The van der Waals surface area contributed by atoms with Crippen LogP contribution in [0, 0.1) is 0 Å². The molecule has 102 valence electrons.